The summed E-state index contributed by atoms with van der Waals surface area (Å²) in [6, 6.07) is 5.87. The maximum absolute atomic E-state index is 11.9. The van der Waals surface area contributed by atoms with Crippen molar-refractivity contribution in [3.63, 3.8) is 0 Å². The van der Waals surface area contributed by atoms with Gasteiger partial charge in [0.1, 0.15) is 5.54 Å². The number of hydrogen-bond acceptors (Lipinski definition) is 2. The molecule has 2 rings (SSSR count). The molecule has 0 spiro atoms. The monoisotopic (exact) mass is 247 g/mol. The van der Waals surface area contributed by atoms with Crippen molar-refractivity contribution in [2.24, 2.45) is 0 Å². The zero-order valence-electron chi connectivity index (χ0n) is 10.6. The van der Waals surface area contributed by atoms with Gasteiger partial charge in [0.05, 0.1) is 6.42 Å². The van der Waals surface area contributed by atoms with E-state index in [0.717, 1.165) is 16.7 Å². The largest absolute Gasteiger partial charge is 0.480 e. The van der Waals surface area contributed by atoms with E-state index in [4.69, 9.17) is 5.11 Å². The Hall–Kier alpha value is -1.84. The van der Waals surface area contributed by atoms with Crippen molar-refractivity contribution in [3.05, 3.63) is 34.9 Å². The van der Waals surface area contributed by atoms with Crippen LogP contribution in [0.5, 0.6) is 0 Å². The second kappa shape index (κ2) is 4.44. The van der Waals surface area contributed by atoms with Gasteiger partial charge in [0.2, 0.25) is 5.91 Å². The second-order valence-corrected chi connectivity index (χ2v) is 4.98. The van der Waals surface area contributed by atoms with Crippen LogP contribution in [-0.2, 0) is 16.0 Å². The Morgan fingerprint density at radius 2 is 1.83 bits per heavy atom. The van der Waals surface area contributed by atoms with Crippen molar-refractivity contribution >= 4 is 11.9 Å². The summed E-state index contributed by atoms with van der Waals surface area (Å²) in [7, 11) is 0. The summed E-state index contributed by atoms with van der Waals surface area (Å²) >= 11 is 0. The topological polar surface area (TPSA) is 66.4 Å². The molecule has 0 atom stereocenters. The third-order valence-corrected chi connectivity index (χ3v) is 3.52. The predicted molar refractivity (Wildman–Crippen MR) is 67.4 cm³/mol. The molecule has 1 aromatic carbocycles. The zero-order valence-corrected chi connectivity index (χ0v) is 10.6. The molecule has 1 fully saturated rings. The van der Waals surface area contributed by atoms with Gasteiger partial charge in [-0.25, -0.2) is 4.79 Å². The summed E-state index contributed by atoms with van der Waals surface area (Å²) in [5, 5.41) is 11.6. The Bertz CT molecular complexity index is 484. The molecule has 1 saturated carbocycles. The SMILES string of the molecule is Cc1cccc(C)c1CC(=O)NC1(C(=O)O)CC1. The second-order valence-electron chi connectivity index (χ2n) is 4.98. The number of aryl methyl sites for hydroxylation is 2. The van der Waals surface area contributed by atoms with Crippen LogP contribution in [0.3, 0.4) is 0 Å². The molecule has 18 heavy (non-hydrogen) atoms. The van der Waals surface area contributed by atoms with E-state index in [1.54, 1.807) is 0 Å². The van der Waals surface area contributed by atoms with Crippen molar-refractivity contribution in [1.29, 1.82) is 0 Å². The van der Waals surface area contributed by atoms with Crippen LogP contribution in [-0.4, -0.2) is 22.5 Å². The Labute approximate surface area is 106 Å². The number of carbonyl (C=O) groups is 2. The van der Waals surface area contributed by atoms with E-state index in [1.165, 1.54) is 0 Å². The molecule has 0 aliphatic heterocycles. The summed E-state index contributed by atoms with van der Waals surface area (Å²) in [6.45, 7) is 3.92. The minimum Gasteiger partial charge on any atom is -0.480 e. The van der Waals surface area contributed by atoms with Gasteiger partial charge in [-0.1, -0.05) is 18.2 Å². The van der Waals surface area contributed by atoms with E-state index in [9.17, 15) is 9.59 Å². The van der Waals surface area contributed by atoms with E-state index in [2.05, 4.69) is 5.32 Å². The molecule has 1 aromatic rings. The fourth-order valence-corrected chi connectivity index (χ4v) is 2.12. The molecule has 96 valence electrons. The van der Waals surface area contributed by atoms with E-state index < -0.39 is 11.5 Å². The standard InChI is InChI=1S/C14H17NO3/c1-9-4-3-5-10(2)11(9)8-12(16)15-14(6-7-14)13(17)18/h3-5H,6-8H2,1-2H3,(H,15,16)(H,17,18). The van der Waals surface area contributed by atoms with Gasteiger partial charge in [0.15, 0.2) is 0 Å². The van der Waals surface area contributed by atoms with Gasteiger partial charge in [-0.3, -0.25) is 4.79 Å². The molecule has 1 aliphatic carbocycles. The molecule has 2 N–H and O–H groups in total. The smallest absolute Gasteiger partial charge is 0.329 e. The first kappa shape index (κ1) is 12.6. The number of amides is 1. The molecule has 1 aliphatic rings. The summed E-state index contributed by atoms with van der Waals surface area (Å²) in [5.74, 6) is -1.15. The van der Waals surface area contributed by atoms with Crippen molar-refractivity contribution in [3.8, 4) is 0 Å². The van der Waals surface area contributed by atoms with Crippen molar-refractivity contribution < 1.29 is 14.7 Å². The molecular formula is C14H17NO3. The lowest BCUT2D eigenvalue weighted by Gasteiger charge is -2.14. The fourth-order valence-electron chi connectivity index (χ4n) is 2.12. The minimum absolute atomic E-state index is 0.215. The third kappa shape index (κ3) is 2.37. The van der Waals surface area contributed by atoms with E-state index >= 15 is 0 Å². The first-order valence-corrected chi connectivity index (χ1v) is 6.04. The van der Waals surface area contributed by atoms with Crippen LogP contribution in [0, 0.1) is 13.8 Å². The van der Waals surface area contributed by atoms with Crippen molar-refractivity contribution in [2.75, 3.05) is 0 Å². The number of benzene rings is 1. The van der Waals surface area contributed by atoms with Gasteiger partial charge in [-0.05, 0) is 43.4 Å². The number of carboxylic acids is 1. The van der Waals surface area contributed by atoms with E-state index in [-0.39, 0.29) is 12.3 Å². The number of rotatable bonds is 4. The number of hydrogen-bond donors (Lipinski definition) is 2. The summed E-state index contributed by atoms with van der Waals surface area (Å²) in [4.78, 5) is 22.9. The van der Waals surface area contributed by atoms with Gasteiger partial charge < -0.3 is 10.4 Å². The Balaban J connectivity index is 2.06. The number of carbonyl (C=O) groups excluding carboxylic acids is 1. The highest BCUT2D eigenvalue weighted by molar-refractivity contribution is 5.90. The maximum Gasteiger partial charge on any atom is 0.329 e. The van der Waals surface area contributed by atoms with Crippen LogP contribution in [0.15, 0.2) is 18.2 Å². The highest BCUT2D eigenvalue weighted by atomic mass is 16.4. The summed E-state index contributed by atoms with van der Waals surface area (Å²) in [5.41, 5.74) is 2.11. The Kier molecular flexibility index (Phi) is 3.11. The van der Waals surface area contributed by atoms with Gasteiger partial charge >= 0.3 is 5.97 Å². The molecule has 0 unspecified atom stereocenters. The average Bonchev–Trinajstić information content (AvgIpc) is 3.05. The molecule has 4 heteroatoms. The molecule has 0 saturated heterocycles. The Morgan fingerprint density at radius 3 is 2.28 bits per heavy atom. The van der Waals surface area contributed by atoms with Gasteiger partial charge in [0.25, 0.3) is 0 Å². The molecule has 0 heterocycles. The molecule has 1 amide bonds. The van der Waals surface area contributed by atoms with Crippen LogP contribution in [0.2, 0.25) is 0 Å². The lowest BCUT2D eigenvalue weighted by atomic mass is 9.99. The first-order chi connectivity index (χ1) is 8.44. The molecule has 0 aromatic heterocycles. The number of nitrogens with one attached hydrogen (secondary N) is 1. The van der Waals surface area contributed by atoms with E-state index in [0.29, 0.717) is 12.8 Å². The van der Waals surface area contributed by atoms with Crippen LogP contribution >= 0.6 is 0 Å². The van der Waals surface area contributed by atoms with Crippen molar-refractivity contribution in [1.82, 2.24) is 5.32 Å². The van der Waals surface area contributed by atoms with Gasteiger partial charge in [-0.2, -0.15) is 0 Å². The molecule has 0 bridgehead atoms. The lowest BCUT2D eigenvalue weighted by Crippen LogP contribution is -2.43. The van der Waals surface area contributed by atoms with E-state index in [1.807, 2.05) is 32.0 Å². The quantitative estimate of drug-likeness (QED) is 0.849. The summed E-state index contributed by atoms with van der Waals surface area (Å²) in [6.07, 6.45) is 1.30. The average molecular weight is 247 g/mol. The highest BCUT2D eigenvalue weighted by Crippen LogP contribution is 2.35. The molecular weight excluding hydrogens is 230 g/mol. The summed E-state index contributed by atoms with van der Waals surface area (Å²) < 4.78 is 0. The Morgan fingerprint density at radius 1 is 1.28 bits per heavy atom. The molecule has 0 radical (unpaired) electrons. The number of carboxylic acid groups (broad SMARTS) is 1. The van der Waals surface area contributed by atoms with Crippen LogP contribution in [0.4, 0.5) is 0 Å². The first-order valence-electron chi connectivity index (χ1n) is 6.04. The maximum atomic E-state index is 11.9. The van der Waals surface area contributed by atoms with Crippen molar-refractivity contribution in [2.45, 2.75) is 38.6 Å². The fraction of sp³-hybridized carbons (Fsp3) is 0.429. The minimum atomic E-state index is -0.992. The normalized spacial score (nSPS) is 16.1. The zero-order chi connectivity index (χ0) is 13.3. The van der Waals surface area contributed by atoms with Gasteiger partial charge in [-0.15, -0.1) is 0 Å². The van der Waals surface area contributed by atoms with Crippen LogP contribution in [0.1, 0.15) is 29.5 Å². The lowest BCUT2D eigenvalue weighted by molar-refractivity contribution is -0.143. The third-order valence-electron chi connectivity index (χ3n) is 3.52. The predicted octanol–water partition coefficient (Wildman–Crippen LogP) is 1.58. The van der Waals surface area contributed by atoms with Crippen LogP contribution < -0.4 is 5.32 Å². The van der Waals surface area contributed by atoms with Crippen LogP contribution in [0.25, 0.3) is 0 Å². The highest BCUT2D eigenvalue weighted by Gasteiger charge is 2.51. The molecule has 4 nitrogen and oxygen atoms in total. The van der Waals surface area contributed by atoms with Gasteiger partial charge in [0, 0.05) is 0 Å². The number of aliphatic carboxylic acids is 1.